The maximum atomic E-state index is 11.0. The summed E-state index contributed by atoms with van der Waals surface area (Å²) in [5.74, 6) is -4.00. The lowest BCUT2D eigenvalue weighted by atomic mass is 9.76. The number of methoxy groups -OCH3 is 2. The minimum Gasteiger partial charge on any atom is -0.481 e. The maximum Gasteiger partial charge on any atom is 0.307 e. The molecule has 0 saturated heterocycles. The summed E-state index contributed by atoms with van der Waals surface area (Å²) in [6.45, 7) is 0. The first-order chi connectivity index (χ1) is 7.51. The van der Waals surface area contributed by atoms with E-state index < -0.39 is 23.8 Å². The van der Waals surface area contributed by atoms with Crippen LogP contribution in [0.3, 0.4) is 0 Å². The van der Waals surface area contributed by atoms with Gasteiger partial charge in [0.15, 0.2) is 0 Å². The van der Waals surface area contributed by atoms with Crippen molar-refractivity contribution in [2.45, 2.75) is 25.0 Å². The van der Waals surface area contributed by atoms with Crippen LogP contribution in [0.2, 0.25) is 0 Å². The van der Waals surface area contributed by atoms with Crippen LogP contribution in [0, 0.1) is 11.8 Å². The average Bonchev–Trinajstić information content (AvgIpc) is 2.26. The van der Waals surface area contributed by atoms with Gasteiger partial charge < -0.3 is 19.7 Å². The molecule has 0 unspecified atom stereocenters. The van der Waals surface area contributed by atoms with E-state index in [2.05, 4.69) is 0 Å². The number of rotatable bonds is 4. The van der Waals surface area contributed by atoms with Crippen LogP contribution in [-0.4, -0.2) is 48.6 Å². The minimum absolute atomic E-state index is 0.168. The lowest BCUT2D eigenvalue weighted by Gasteiger charge is -2.36. The highest BCUT2D eigenvalue weighted by Gasteiger charge is 2.44. The summed E-state index contributed by atoms with van der Waals surface area (Å²) < 4.78 is 10.2. The summed E-state index contributed by atoms with van der Waals surface area (Å²) in [5, 5.41) is 17.9. The molecule has 0 aromatic rings. The highest BCUT2D eigenvalue weighted by molar-refractivity contribution is 5.80. The van der Waals surface area contributed by atoms with E-state index in [0.717, 1.165) is 0 Å². The Morgan fingerprint density at radius 2 is 1.25 bits per heavy atom. The van der Waals surface area contributed by atoms with Crippen LogP contribution in [0.4, 0.5) is 0 Å². The van der Waals surface area contributed by atoms with Crippen molar-refractivity contribution in [3.8, 4) is 0 Å². The van der Waals surface area contributed by atoms with E-state index in [4.69, 9.17) is 19.7 Å². The molecule has 0 bridgehead atoms. The van der Waals surface area contributed by atoms with Gasteiger partial charge in [0.2, 0.25) is 0 Å². The summed E-state index contributed by atoms with van der Waals surface area (Å²) in [6.07, 6.45) is -0.383. The third kappa shape index (κ3) is 2.51. The molecule has 6 heteroatoms. The topological polar surface area (TPSA) is 93.1 Å². The van der Waals surface area contributed by atoms with Crippen molar-refractivity contribution in [2.24, 2.45) is 11.8 Å². The normalized spacial score (nSPS) is 34.6. The Hall–Kier alpha value is -1.14. The van der Waals surface area contributed by atoms with Gasteiger partial charge in [0.25, 0.3) is 0 Å². The molecular weight excluding hydrogens is 216 g/mol. The predicted molar refractivity (Wildman–Crippen MR) is 53.1 cm³/mol. The third-order valence-electron chi connectivity index (χ3n) is 3.11. The molecule has 0 aliphatic heterocycles. The minimum atomic E-state index is -1.09. The summed E-state index contributed by atoms with van der Waals surface area (Å²) >= 11 is 0. The monoisotopic (exact) mass is 232 g/mol. The number of ether oxygens (including phenoxy) is 2. The van der Waals surface area contributed by atoms with E-state index in [0.29, 0.717) is 0 Å². The molecule has 1 aliphatic rings. The number of carbonyl (C=O) groups is 2. The zero-order chi connectivity index (χ0) is 12.3. The van der Waals surface area contributed by atoms with Gasteiger partial charge in [-0.1, -0.05) is 0 Å². The van der Waals surface area contributed by atoms with Crippen LogP contribution < -0.4 is 0 Å². The number of hydrogen-bond donors (Lipinski definition) is 2. The van der Waals surface area contributed by atoms with Gasteiger partial charge in [-0.15, -0.1) is 0 Å². The largest absolute Gasteiger partial charge is 0.481 e. The molecule has 1 saturated carbocycles. The Morgan fingerprint density at radius 1 is 0.938 bits per heavy atom. The van der Waals surface area contributed by atoms with Gasteiger partial charge in [-0.25, -0.2) is 0 Å². The van der Waals surface area contributed by atoms with E-state index in [1.807, 2.05) is 0 Å². The summed E-state index contributed by atoms with van der Waals surface area (Å²) in [4.78, 5) is 21.9. The smallest absolute Gasteiger partial charge is 0.307 e. The molecule has 92 valence electrons. The van der Waals surface area contributed by atoms with Crippen LogP contribution in [0.25, 0.3) is 0 Å². The number of hydrogen-bond acceptors (Lipinski definition) is 4. The second-order valence-corrected chi connectivity index (χ2v) is 3.91. The predicted octanol–water partition coefficient (Wildman–Crippen LogP) is 0.212. The first-order valence-electron chi connectivity index (χ1n) is 5.02. The zero-order valence-corrected chi connectivity index (χ0v) is 9.25. The molecule has 2 N–H and O–H groups in total. The lowest BCUT2D eigenvalue weighted by Crippen LogP contribution is -2.46. The van der Waals surface area contributed by atoms with Crippen molar-refractivity contribution in [2.75, 3.05) is 14.2 Å². The SMILES string of the molecule is CO[C@@H]1C[C@@H](C(=O)O)[C@H](C(=O)O)C[C@H]1OC. The Kier molecular flexibility index (Phi) is 4.26. The average molecular weight is 232 g/mol. The fraction of sp³-hybridized carbons (Fsp3) is 0.800. The molecular formula is C10H16O6. The van der Waals surface area contributed by atoms with Gasteiger partial charge in [-0.3, -0.25) is 9.59 Å². The van der Waals surface area contributed by atoms with Crippen LogP contribution in [0.1, 0.15) is 12.8 Å². The van der Waals surface area contributed by atoms with Gasteiger partial charge in [-0.05, 0) is 12.8 Å². The maximum absolute atomic E-state index is 11.0. The van der Waals surface area contributed by atoms with Crippen molar-refractivity contribution >= 4 is 11.9 Å². The number of carboxylic acids is 2. The van der Waals surface area contributed by atoms with Crippen LogP contribution >= 0.6 is 0 Å². The molecule has 6 nitrogen and oxygen atoms in total. The zero-order valence-electron chi connectivity index (χ0n) is 9.25. The van der Waals surface area contributed by atoms with Gasteiger partial charge in [-0.2, -0.15) is 0 Å². The Morgan fingerprint density at radius 3 is 1.44 bits per heavy atom. The van der Waals surface area contributed by atoms with E-state index in [1.54, 1.807) is 0 Å². The van der Waals surface area contributed by atoms with Gasteiger partial charge >= 0.3 is 11.9 Å². The molecule has 1 fully saturated rings. The highest BCUT2D eigenvalue weighted by Crippen LogP contribution is 2.33. The van der Waals surface area contributed by atoms with Crippen LogP contribution in [0.15, 0.2) is 0 Å². The summed E-state index contributed by atoms with van der Waals surface area (Å²) in [7, 11) is 2.94. The molecule has 0 aromatic heterocycles. The standard InChI is InChI=1S/C10H16O6/c1-15-7-3-5(9(11)12)6(10(13)14)4-8(7)16-2/h5-8H,3-4H2,1-2H3,(H,11,12)(H,13,14)/t5-,6-,7-,8-/m1/s1. The quantitative estimate of drug-likeness (QED) is 0.719. The van der Waals surface area contributed by atoms with Gasteiger partial charge in [0.1, 0.15) is 0 Å². The molecule has 1 aliphatic carbocycles. The number of aliphatic carboxylic acids is 2. The van der Waals surface area contributed by atoms with E-state index in [9.17, 15) is 9.59 Å². The number of carboxylic acid groups (broad SMARTS) is 2. The van der Waals surface area contributed by atoms with Gasteiger partial charge in [0, 0.05) is 14.2 Å². The first-order valence-corrected chi connectivity index (χ1v) is 5.02. The van der Waals surface area contributed by atoms with Crippen molar-refractivity contribution < 1.29 is 29.3 Å². The van der Waals surface area contributed by atoms with E-state index >= 15 is 0 Å². The molecule has 4 atom stereocenters. The molecule has 0 amide bonds. The lowest BCUT2D eigenvalue weighted by molar-refractivity contribution is -0.165. The summed E-state index contributed by atoms with van der Waals surface area (Å²) in [6, 6.07) is 0. The molecule has 0 aromatic carbocycles. The van der Waals surface area contributed by atoms with Crippen LogP contribution in [-0.2, 0) is 19.1 Å². The highest BCUT2D eigenvalue weighted by atomic mass is 16.5. The molecule has 0 heterocycles. The third-order valence-corrected chi connectivity index (χ3v) is 3.11. The van der Waals surface area contributed by atoms with E-state index in [1.165, 1.54) is 14.2 Å². The molecule has 0 radical (unpaired) electrons. The van der Waals surface area contributed by atoms with E-state index in [-0.39, 0.29) is 25.0 Å². The molecule has 16 heavy (non-hydrogen) atoms. The van der Waals surface area contributed by atoms with Crippen molar-refractivity contribution in [3.63, 3.8) is 0 Å². The van der Waals surface area contributed by atoms with Crippen molar-refractivity contribution in [1.82, 2.24) is 0 Å². The van der Waals surface area contributed by atoms with Crippen molar-refractivity contribution in [1.29, 1.82) is 0 Å². The van der Waals surface area contributed by atoms with Gasteiger partial charge in [0.05, 0.1) is 24.0 Å². The van der Waals surface area contributed by atoms with Crippen molar-refractivity contribution in [3.05, 3.63) is 0 Å². The fourth-order valence-corrected chi connectivity index (χ4v) is 2.17. The fourth-order valence-electron chi connectivity index (χ4n) is 2.17. The first kappa shape index (κ1) is 12.9. The Balaban J connectivity index is 2.84. The Bertz CT molecular complexity index is 248. The summed E-state index contributed by atoms with van der Waals surface area (Å²) in [5.41, 5.74) is 0. The second-order valence-electron chi connectivity index (χ2n) is 3.91. The van der Waals surface area contributed by atoms with Crippen LogP contribution in [0.5, 0.6) is 0 Å². The second kappa shape index (κ2) is 5.27. The Labute approximate surface area is 93.2 Å². The molecule has 0 spiro atoms. The molecule has 1 rings (SSSR count).